The number of aliphatic hydroxyl groups is 1. The van der Waals surface area contributed by atoms with Crippen LogP contribution in [0, 0.1) is 0 Å². The van der Waals surface area contributed by atoms with Crippen molar-refractivity contribution in [3.63, 3.8) is 0 Å². The van der Waals surface area contributed by atoms with Crippen LogP contribution in [0.25, 0.3) is 0 Å². The van der Waals surface area contributed by atoms with E-state index in [9.17, 15) is 0 Å². The summed E-state index contributed by atoms with van der Waals surface area (Å²) in [6.45, 7) is 6.08. The molecule has 0 aromatic carbocycles. The van der Waals surface area contributed by atoms with Crippen molar-refractivity contribution in [1.82, 2.24) is 14.8 Å². The number of β-amino-alcohol motifs (C(OH)–C–C–N with tert-alkyl or cyclic N) is 1. The van der Waals surface area contributed by atoms with Gasteiger partial charge in [-0.15, -0.1) is 0 Å². The molecule has 0 unspecified atom stereocenters. The first-order chi connectivity index (χ1) is 8.78. The molecular formula is C13H22N4O. The third-order valence-corrected chi connectivity index (χ3v) is 3.32. The summed E-state index contributed by atoms with van der Waals surface area (Å²) >= 11 is 0. The van der Waals surface area contributed by atoms with E-state index in [0.717, 1.165) is 57.1 Å². The van der Waals surface area contributed by atoms with Crippen molar-refractivity contribution < 1.29 is 5.11 Å². The van der Waals surface area contributed by atoms with Gasteiger partial charge in [-0.2, -0.15) is 0 Å². The molecule has 0 aliphatic carbocycles. The minimum absolute atomic E-state index is 0.247. The molecule has 0 spiro atoms. The molecule has 1 aliphatic heterocycles. The third kappa shape index (κ3) is 3.94. The van der Waals surface area contributed by atoms with E-state index in [2.05, 4.69) is 14.8 Å². The van der Waals surface area contributed by atoms with Crippen LogP contribution < -0.4 is 5.73 Å². The first kappa shape index (κ1) is 13.3. The lowest BCUT2D eigenvalue weighted by molar-refractivity contribution is 0.195. The Bertz CT molecular complexity index is 372. The van der Waals surface area contributed by atoms with Crippen molar-refractivity contribution >= 4 is 5.69 Å². The summed E-state index contributed by atoms with van der Waals surface area (Å²) < 4.78 is 0. The van der Waals surface area contributed by atoms with Crippen LogP contribution in [0.15, 0.2) is 18.3 Å². The lowest BCUT2D eigenvalue weighted by Crippen LogP contribution is -2.32. The van der Waals surface area contributed by atoms with Gasteiger partial charge in [0.1, 0.15) is 0 Å². The Hall–Kier alpha value is -1.17. The maximum atomic E-state index is 8.96. The molecule has 1 fully saturated rings. The van der Waals surface area contributed by atoms with E-state index >= 15 is 0 Å². The minimum atomic E-state index is 0.247. The number of nitrogens with two attached hydrogens (primary N) is 1. The van der Waals surface area contributed by atoms with Crippen LogP contribution in [0.5, 0.6) is 0 Å². The molecule has 0 atom stereocenters. The fourth-order valence-electron chi connectivity index (χ4n) is 2.36. The van der Waals surface area contributed by atoms with E-state index in [4.69, 9.17) is 10.8 Å². The molecule has 2 heterocycles. The van der Waals surface area contributed by atoms with Crippen molar-refractivity contribution in [1.29, 1.82) is 0 Å². The predicted molar refractivity (Wildman–Crippen MR) is 72.1 cm³/mol. The number of pyridine rings is 1. The summed E-state index contributed by atoms with van der Waals surface area (Å²) in [6, 6.07) is 3.76. The summed E-state index contributed by atoms with van der Waals surface area (Å²) in [7, 11) is 0. The molecule has 0 bridgehead atoms. The Morgan fingerprint density at radius 1 is 1.22 bits per heavy atom. The van der Waals surface area contributed by atoms with E-state index in [0.29, 0.717) is 0 Å². The van der Waals surface area contributed by atoms with Crippen LogP contribution in [0.1, 0.15) is 12.1 Å². The van der Waals surface area contributed by atoms with Gasteiger partial charge in [-0.1, -0.05) is 0 Å². The van der Waals surface area contributed by atoms with Gasteiger partial charge in [0.05, 0.1) is 12.3 Å². The number of aromatic nitrogens is 1. The molecule has 0 saturated carbocycles. The van der Waals surface area contributed by atoms with E-state index < -0.39 is 0 Å². The number of hydrogen-bond donors (Lipinski definition) is 2. The van der Waals surface area contributed by atoms with Crippen molar-refractivity contribution in [2.45, 2.75) is 13.0 Å². The maximum Gasteiger partial charge on any atom is 0.0564 e. The highest BCUT2D eigenvalue weighted by Gasteiger charge is 2.14. The second-order valence-corrected chi connectivity index (χ2v) is 4.78. The molecule has 1 saturated heterocycles. The van der Waals surface area contributed by atoms with Gasteiger partial charge in [0, 0.05) is 38.1 Å². The Kier molecular flexibility index (Phi) is 4.92. The largest absolute Gasteiger partial charge is 0.399 e. The van der Waals surface area contributed by atoms with Crippen LogP contribution >= 0.6 is 0 Å². The van der Waals surface area contributed by atoms with E-state index in [1.807, 2.05) is 12.1 Å². The smallest absolute Gasteiger partial charge is 0.0564 e. The minimum Gasteiger partial charge on any atom is -0.399 e. The highest BCUT2D eigenvalue weighted by Crippen LogP contribution is 2.09. The molecule has 100 valence electrons. The molecule has 1 aromatic heterocycles. The van der Waals surface area contributed by atoms with Gasteiger partial charge >= 0.3 is 0 Å². The van der Waals surface area contributed by atoms with Crippen molar-refractivity contribution in [3.05, 3.63) is 24.0 Å². The number of anilines is 1. The van der Waals surface area contributed by atoms with E-state index in [1.165, 1.54) is 0 Å². The summed E-state index contributed by atoms with van der Waals surface area (Å²) in [5.74, 6) is 0. The van der Waals surface area contributed by atoms with Crippen LogP contribution in [-0.2, 0) is 6.54 Å². The number of rotatable bonds is 4. The SMILES string of the molecule is Nc1ccnc(CN2CCCN(CCO)CC2)c1. The summed E-state index contributed by atoms with van der Waals surface area (Å²) in [6.07, 6.45) is 2.91. The van der Waals surface area contributed by atoms with Crippen LogP contribution in [0.2, 0.25) is 0 Å². The third-order valence-electron chi connectivity index (χ3n) is 3.32. The van der Waals surface area contributed by atoms with Crippen molar-refractivity contribution in [2.24, 2.45) is 0 Å². The average molecular weight is 250 g/mol. The Balaban J connectivity index is 1.87. The first-order valence-electron chi connectivity index (χ1n) is 6.54. The standard InChI is InChI=1S/C13H22N4O/c14-12-2-3-15-13(10-12)11-17-5-1-4-16(6-7-17)8-9-18/h2-3,10,18H,1,4-9,11H2,(H2,14,15). The molecule has 18 heavy (non-hydrogen) atoms. The van der Waals surface area contributed by atoms with Gasteiger partial charge < -0.3 is 10.8 Å². The molecular weight excluding hydrogens is 228 g/mol. The first-order valence-corrected chi connectivity index (χ1v) is 6.54. The molecule has 0 amide bonds. The predicted octanol–water partition coefficient (Wildman–Crippen LogP) is 0.164. The monoisotopic (exact) mass is 250 g/mol. The Morgan fingerprint density at radius 2 is 2.00 bits per heavy atom. The molecule has 1 aromatic rings. The van der Waals surface area contributed by atoms with Gasteiger partial charge in [0.15, 0.2) is 0 Å². The zero-order chi connectivity index (χ0) is 12.8. The molecule has 1 aliphatic rings. The summed E-state index contributed by atoms with van der Waals surface area (Å²) in [4.78, 5) is 9.06. The van der Waals surface area contributed by atoms with Crippen molar-refractivity contribution in [2.75, 3.05) is 45.1 Å². The van der Waals surface area contributed by atoms with E-state index in [-0.39, 0.29) is 6.61 Å². The second kappa shape index (κ2) is 6.68. The second-order valence-electron chi connectivity index (χ2n) is 4.78. The highest BCUT2D eigenvalue weighted by atomic mass is 16.3. The van der Waals surface area contributed by atoms with Gasteiger partial charge in [-0.05, 0) is 31.6 Å². The zero-order valence-electron chi connectivity index (χ0n) is 10.8. The van der Waals surface area contributed by atoms with Gasteiger partial charge in [-0.25, -0.2) is 0 Å². The van der Waals surface area contributed by atoms with Crippen LogP contribution in [0.3, 0.4) is 0 Å². The number of nitrogens with zero attached hydrogens (tertiary/aromatic N) is 3. The quantitative estimate of drug-likeness (QED) is 0.797. The summed E-state index contributed by atoms with van der Waals surface area (Å²) in [5.41, 5.74) is 7.57. The van der Waals surface area contributed by atoms with Crippen LogP contribution in [-0.4, -0.2) is 59.2 Å². The Morgan fingerprint density at radius 3 is 2.78 bits per heavy atom. The summed E-state index contributed by atoms with van der Waals surface area (Å²) in [5, 5.41) is 8.96. The topological polar surface area (TPSA) is 65.6 Å². The molecule has 5 heteroatoms. The normalized spacial score (nSPS) is 18.7. The van der Waals surface area contributed by atoms with Gasteiger partial charge in [-0.3, -0.25) is 14.8 Å². The average Bonchev–Trinajstić information content (AvgIpc) is 2.56. The van der Waals surface area contributed by atoms with Gasteiger partial charge in [0.25, 0.3) is 0 Å². The molecule has 2 rings (SSSR count). The number of nitrogen functional groups attached to an aromatic ring is 1. The zero-order valence-corrected chi connectivity index (χ0v) is 10.8. The Labute approximate surface area is 108 Å². The fraction of sp³-hybridized carbons (Fsp3) is 0.615. The molecule has 3 N–H and O–H groups in total. The molecule has 5 nitrogen and oxygen atoms in total. The van der Waals surface area contributed by atoms with E-state index in [1.54, 1.807) is 6.20 Å². The number of aliphatic hydroxyl groups excluding tert-OH is 1. The fourth-order valence-corrected chi connectivity index (χ4v) is 2.36. The number of hydrogen-bond acceptors (Lipinski definition) is 5. The lowest BCUT2D eigenvalue weighted by Gasteiger charge is -2.20. The van der Waals surface area contributed by atoms with Crippen LogP contribution in [0.4, 0.5) is 5.69 Å². The van der Waals surface area contributed by atoms with Crippen molar-refractivity contribution in [3.8, 4) is 0 Å². The maximum absolute atomic E-state index is 8.96. The lowest BCUT2D eigenvalue weighted by atomic mass is 10.3. The molecule has 0 radical (unpaired) electrons. The highest BCUT2D eigenvalue weighted by molar-refractivity contribution is 5.37. The van der Waals surface area contributed by atoms with Gasteiger partial charge in [0.2, 0.25) is 0 Å².